The minimum absolute atomic E-state index is 0.197. The van der Waals surface area contributed by atoms with Crippen molar-refractivity contribution in [1.82, 2.24) is 30.2 Å². The van der Waals surface area contributed by atoms with Crippen LogP contribution in [0.5, 0.6) is 0 Å². The summed E-state index contributed by atoms with van der Waals surface area (Å²) in [6.45, 7) is 10.4. The number of nitrogens with zero attached hydrogens (tertiary/aromatic N) is 7. The highest BCUT2D eigenvalue weighted by atomic mass is 35.5. The van der Waals surface area contributed by atoms with E-state index in [0.717, 1.165) is 81.4 Å². The van der Waals surface area contributed by atoms with E-state index in [4.69, 9.17) is 16.6 Å². The van der Waals surface area contributed by atoms with Crippen molar-refractivity contribution < 1.29 is 14.4 Å². The molecule has 51 heavy (non-hydrogen) atoms. The molecule has 0 aliphatic carbocycles. The van der Waals surface area contributed by atoms with Gasteiger partial charge in [0, 0.05) is 64.5 Å². The number of imide groups is 1. The summed E-state index contributed by atoms with van der Waals surface area (Å²) in [7, 11) is 0. The molecule has 0 spiro atoms. The Morgan fingerprint density at radius 1 is 0.961 bits per heavy atom. The summed E-state index contributed by atoms with van der Waals surface area (Å²) >= 11 is 7.54. The predicted molar refractivity (Wildman–Crippen MR) is 199 cm³/mol. The van der Waals surface area contributed by atoms with E-state index >= 15 is 0 Å². The Labute approximate surface area is 305 Å². The highest BCUT2D eigenvalue weighted by Crippen LogP contribution is 2.31. The van der Waals surface area contributed by atoms with E-state index in [1.165, 1.54) is 11.3 Å². The number of hydrogen-bond donors (Lipinski definition) is 3. The molecule has 3 amide bonds. The van der Waals surface area contributed by atoms with Gasteiger partial charge in [-0.2, -0.15) is 0 Å². The number of pyridine rings is 1. The minimum atomic E-state index is -0.300. The molecule has 7 rings (SSSR count). The number of aromatic nitrogens is 4. The van der Waals surface area contributed by atoms with E-state index in [1.807, 2.05) is 44.2 Å². The van der Waals surface area contributed by atoms with Crippen molar-refractivity contribution in [3.8, 4) is 0 Å². The summed E-state index contributed by atoms with van der Waals surface area (Å²) in [6, 6.07) is 11.3. The molecule has 4 aromatic rings. The van der Waals surface area contributed by atoms with Crippen LogP contribution in [-0.4, -0.2) is 88.4 Å². The second kappa shape index (κ2) is 15.3. The van der Waals surface area contributed by atoms with Crippen LogP contribution in [0.3, 0.4) is 0 Å². The molecule has 0 radical (unpaired) electrons. The standard InChI is InChI=1S/C36H41ClN10O3S/c1-22-4-3-5-27(37)33(22)44-35(50)28-20-39-36(51-28)42-29-19-31(41-23(2)40-29)47-16-14-45(15-17-47)21-24-9-12-46(13-10-24)30-18-25(8-11-38-30)26-6-7-32(48)43-34(26)49/h3-5,8,11,18-20,24,26H,6-7,9-10,12-17,21H2,1-2H3,(H,44,50)(H,43,48,49)(H,39,40,41,42). The van der Waals surface area contributed by atoms with Gasteiger partial charge in [0.05, 0.1) is 22.8 Å². The lowest BCUT2D eigenvalue weighted by molar-refractivity contribution is -0.134. The summed E-state index contributed by atoms with van der Waals surface area (Å²) in [5.74, 6) is 2.69. The first kappa shape index (κ1) is 34.8. The van der Waals surface area contributed by atoms with E-state index in [1.54, 1.807) is 18.5 Å². The lowest BCUT2D eigenvalue weighted by Gasteiger charge is -2.39. The number of nitrogens with one attached hydrogen (secondary N) is 3. The number of halogens is 1. The number of aryl methyl sites for hydroxylation is 2. The fraction of sp³-hybridized carbons (Fsp3) is 0.417. The second-order valence-corrected chi connectivity index (χ2v) is 14.8. The van der Waals surface area contributed by atoms with Gasteiger partial charge < -0.3 is 20.4 Å². The van der Waals surface area contributed by atoms with Gasteiger partial charge in [-0.1, -0.05) is 35.1 Å². The summed E-state index contributed by atoms with van der Waals surface area (Å²) in [6.07, 6.45) is 6.41. The Morgan fingerprint density at radius 2 is 1.75 bits per heavy atom. The summed E-state index contributed by atoms with van der Waals surface area (Å²) < 4.78 is 0. The van der Waals surface area contributed by atoms with Crippen LogP contribution < -0.4 is 25.8 Å². The van der Waals surface area contributed by atoms with Crippen LogP contribution in [0.15, 0.2) is 48.8 Å². The zero-order chi connectivity index (χ0) is 35.5. The Kier molecular flexibility index (Phi) is 10.4. The smallest absolute Gasteiger partial charge is 0.267 e. The van der Waals surface area contributed by atoms with Crippen LogP contribution in [0.2, 0.25) is 5.02 Å². The molecule has 15 heteroatoms. The molecule has 3 fully saturated rings. The molecule has 1 unspecified atom stereocenters. The van der Waals surface area contributed by atoms with Crippen molar-refractivity contribution in [2.45, 2.75) is 45.4 Å². The molecule has 0 bridgehead atoms. The lowest BCUT2D eigenvalue weighted by Crippen LogP contribution is -2.49. The summed E-state index contributed by atoms with van der Waals surface area (Å²) in [4.78, 5) is 62.9. The molecule has 1 atom stereocenters. The number of para-hydroxylation sites is 1. The van der Waals surface area contributed by atoms with Crippen molar-refractivity contribution in [3.05, 3.63) is 75.6 Å². The van der Waals surface area contributed by atoms with Gasteiger partial charge in [-0.05, 0) is 68.4 Å². The van der Waals surface area contributed by atoms with E-state index in [2.05, 4.69) is 45.6 Å². The molecule has 3 saturated heterocycles. The molecule has 266 valence electrons. The number of carbonyl (C=O) groups is 3. The third-order valence-corrected chi connectivity index (χ3v) is 11.0. The number of rotatable bonds is 9. The number of piperidine rings is 2. The van der Waals surface area contributed by atoms with Gasteiger partial charge in [-0.3, -0.25) is 24.6 Å². The highest BCUT2D eigenvalue weighted by molar-refractivity contribution is 7.17. The van der Waals surface area contributed by atoms with E-state index in [9.17, 15) is 14.4 Å². The van der Waals surface area contributed by atoms with Gasteiger partial charge >= 0.3 is 0 Å². The Balaban J connectivity index is 0.888. The molecular formula is C36H41ClN10O3S. The Morgan fingerprint density at radius 3 is 2.51 bits per heavy atom. The van der Waals surface area contributed by atoms with Gasteiger partial charge in [0.2, 0.25) is 11.8 Å². The average Bonchev–Trinajstić information content (AvgIpc) is 3.59. The molecule has 6 heterocycles. The molecule has 3 aliphatic heterocycles. The number of piperazine rings is 1. The fourth-order valence-electron chi connectivity index (χ4n) is 6.99. The SMILES string of the molecule is Cc1nc(Nc2ncc(C(=O)Nc3c(C)cccc3Cl)s2)cc(N2CCN(CC3CCN(c4cc(C5CCC(=O)NC5=O)ccn4)CC3)CC2)n1. The normalized spacial score (nSPS) is 18.8. The lowest BCUT2D eigenvalue weighted by atomic mass is 9.91. The highest BCUT2D eigenvalue weighted by Gasteiger charge is 2.30. The zero-order valence-electron chi connectivity index (χ0n) is 28.7. The molecule has 13 nitrogen and oxygen atoms in total. The van der Waals surface area contributed by atoms with Gasteiger partial charge in [0.25, 0.3) is 5.91 Å². The van der Waals surface area contributed by atoms with Crippen LogP contribution in [0, 0.1) is 19.8 Å². The number of thiazole rings is 1. The Bertz CT molecular complexity index is 1900. The molecular weight excluding hydrogens is 688 g/mol. The van der Waals surface area contributed by atoms with Crippen LogP contribution in [0.1, 0.15) is 58.2 Å². The summed E-state index contributed by atoms with van der Waals surface area (Å²) in [5.41, 5.74) is 2.40. The number of carbonyl (C=O) groups excluding carboxylic acids is 3. The quantitative estimate of drug-likeness (QED) is 0.197. The average molecular weight is 729 g/mol. The van der Waals surface area contributed by atoms with Crippen molar-refractivity contribution in [2.24, 2.45) is 5.92 Å². The van der Waals surface area contributed by atoms with Gasteiger partial charge in [0.1, 0.15) is 28.2 Å². The number of benzene rings is 1. The van der Waals surface area contributed by atoms with Crippen molar-refractivity contribution in [1.29, 1.82) is 0 Å². The first-order valence-corrected chi connectivity index (χ1v) is 18.5. The first-order valence-electron chi connectivity index (χ1n) is 17.4. The predicted octanol–water partition coefficient (Wildman–Crippen LogP) is 5.15. The van der Waals surface area contributed by atoms with E-state index < -0.39 is 0 Å². The van der Waals surface area contributed by atoms with E-state index in [0.29, 0.717) is 51.1 Å². The zero-order valence-corrected chi connectivity index (χ0v) is 30.3. The van der Waals surface area contributed by atoms with Crippen LogP contribution in [0.25, 0.3) is 0 Å². The maximum Gasteiger partial charge on any atom is 0.267 e. The molecule has 3 aliphatic rings. The monoisotopic (exact) mass is 728 g/mol. The fourth-order valence-corrected chi connectivity index (χ4v) is 7.98. The van der Waals surface area contributed by atoms with Gasteiger partial charge in [0.15, 0.2) is 5.13 Å². The maximum absolute atomic E-state index is 12.9. The summed E-state index contributed by atoms with van der Waals surface area (Å²) in [5, 5.41) is 9.68. The number of anilines is 5. The molecule has 3 N–H and O–H groups in total. The van der Waals surface area contributed by atoms with Crippen molar-refractivity contribution in [2.75, 3.05) is 66.2 Å². The largest absolute Gasteiger partial charge is 0.357 e. The maximum atomic E-state index is 12.9. The number of amides is 3. The third kappa shape index (κ3) is 8.29. The van der Waals surface area contributed by atoms with Crippen molar-refractivity contribution in [3.63, 3.8) is 0 Å². The third-order valence-electron chi connectivity index (χ3n) is 9.81. The molecule has 1 aromatic carbocycles. The number of hydrogen-bond acceptors (Lipinski definition) is 12. The first-order chi connectivity index (χ1) is 24.7. The second-order valence-electron chi connectivity index (χ2n) is 13.4. The minimum Gasteiger partial charge on any atom is -0.357 e. The van der Waals surface area contributed by atoms with Gasteiger partial charge in [-0.15, -0.1) is 0 Å². The van der Waals surface area contributed by atoms with E-state index in [-0.39, 0.29) is 23.6 Å². The van der Waals surface area contributed by atoms with Gasteiger partial charge in [-0.25, -0.2) is 19.9 Å². The van der Waals surface area contributed by atoms with Crippen LogP contribution >= 0.6 is 22.9 Å². The molecule has 3 aromatic heterocycles. The van der Waals surface area contributed by atoms with Crippen LogP contribution in [0.4, 0.5) is 28.3 Å². The van der Waals surface area contributed by atoms with Crippen molar-refractivity contribution >= 4 is 68.9 Å². The topological polar surface area (TPSA) is 149 Å². The Hall–Kier alpha value is -4.66. The molecule has 0 saturated carbocycles. The van der Waals surface area contributed by atoms with Crippen LogP contribution in [-0.2, 0) is 9.59 Å².